The van der Waals surface area contributed by atoms with Crippen LogP contribution >= 0.6 is 27.5 Å². The van der Waals surface area contributed by atoms with E-state index in [4.69, 9.17) is 16.3 Å². The average molecular weight is 375 g/mol. The lowest BCUT2D eigenvalue weighted by Crippen LogP contribution is -2.33. The van der Waals surface area contributed by atoms with Crippen LogP contribution in [0.1, 0.15) is 26.3 Å². The number of aromatic amines is 1. The van der Waals surface area contributed by atoms with Gasteiger partial charge >= 0.3 is 6.09 Å². The lowest BCUT2D eigenvalue weighted by Gasteiger charge is -2.19. The van der Waals surface area contributed by atoms with Crippen molar-refractivity contribution < 1.29 is 9.53 Å². The third kappa shape index (κ3) is 4.35. The largest absolute Gasteiger partial charge is 0.444 e. The van der Waals surface area contributed by atoms with Gasteiger partial charge in [0.15, 0.2) is 0 Å². The van der Waals surface area contributed by atoms with Crippen LogP contribution in [0.3, 0.4) is 0 Å². The Hall–Kier alpha value is -1.27. The number of rotatable bonds is 3. The van der Waals surface area contributed by atoms with Crippen molar-refractivity contribution >= 4 is 44.7 Å². The highest BCUT2D eigenvalue weighted by molar-refractivity contribution is 9.10. The molecule has 114 valence electrons. The summed E-state index contributed by atoms with van der Waals surface area (Å²) in [6.45, 7) is 5.95. The van der Waals surface area contributed by atoms with Crippen LogP contribution in [0.2, 0.25) is 5.02 Å². The minimum absolute atomic E-state index is 0.422. The van der Waals surface area contributed by atoms with Gasteiger partial charge in [-0.15, -0.1) is 0 Å². The molecule has 0 aliphatic carbocycles. The Bertz CT molecular complexity index is 664. The van der Waals surface area contributed by atoms with Gasteiger partial charge in [0.25, 0.3) is 0 Å². The van der Waals surface area contributed by atoms with Gasteiger partial charge in [0.1, 0.15) is 15.9 Å². The number of ether oxygens (including phenoxy) is 1. The van der Waals surface area contributed by atoms with Crippen molar-refractivity contribution in [3.05, 3.63) is 27.5 Å². The molecule has 2 N–H and O–H groups in total. The van der Waals surface area contributed by atoms with Crippen molar-refractivity contribution in [2.75, 3.05) is 6.54 Å². The summed E-state index contributed by atoms with van der Waals surface area (Å²) in [6, 6.07) is 1.75. The number of amides is 1. The fourth-order valence-corrected chi connectivity index (χ4v) is 2.79. The van der Waals surface area contributed by atoms with Gasteiger partial charge in [-0.05, 0) is 54.8 Å². The molecule has 0 unspecified atom stereocenters. The highest BCUT2D eigenvalue weighted by atomic mass is 79.9. The second-order valence-corrected chi connectivity index (χ2v) is 6.86. The normalized spacial score (nSPS) is 11.7. The van der Waals surface area contributed by atoms with E-state index in [0.717, 1.165) is 16.6 Å². The van der Waals surface area contributed by atoms with Crippen LogP contribution in [0.4, 0.5) is 4.79 Å². The van der Waals surface area contributed by atoms with Gasteiger partial charge < -0.3 is 15.0 Å². The quantitative estimate of drug-likeness (QED) is 0.797. The van der Waals surface area contributed by atoms with Gasteiger partial charge in [-0.3, -0.25) is 0 Å². The molecule has 0 aromatic carbocycles. The Labute approximate surface area is 136 Å². The summed E-state index contributed by atoms with van der Waals surface area (Å²) in [6.07, 6.45) is 2.07. The minimum atomic E-state index is -0.496. The van der Waals surface area contributed by atoms with E-state index >= 15 is 0 Å². The second kappa shape index (κ2) is 6.23. The summed E-state index contributed by atoms with van der Waals surface area (Å²) in [5.41, 5.74) is 1.23. The molecule has 2 rings (SSSR count). The maximum Gasteiger partial charge on any atom is 0.407 e. The number of halogens is 2. The first-order valence-electron chi connectivity index (χ1n) is 6.55. The molecule has 0 saturated heterocycles. The van der Waals surface area contributed by atoms with Crippen molar-refractivity contribution in [2.24, 2.45) is 0 Å². The lowest BCUT2D eigenvalue weighted by molar-refractivity contribution is 0.0528. The zero-order valence-corrected chi connectivity index (χ0v) is 14.4. The van der Waals surface area contributed by atoms with E-state index in [0.29, 0.717) is 22.6 Å². The molecule has 2 aromatic heterocycles. The number of pyridine rings is 1. The summed E-state index contributed by atoms with van der Waals surface area (Å²) in [5.74, 6) is 0. The van der Waals surface area contributed by atoms with E-state index < -0.39 is 11.7 Å². The fraction of sp³-hybridized carbons (Fsp3) is 0.429. The molecule has 7 heteroatoms. The standard InChI is InChI=1S/C14H17BrClN3O2/c1-14(2,3)21-13(20)17-5-4-8-7-18-12-11(8)9(16)6-10(15)19-12/h6-7H,4-5H2,1-3H3,(H,17,20)(H,18,19). The Kier molecular flexibility index (Phi) is 4.78. The number of nitrogens with one attached hydrogen (secondary N) is 2. The van der Waals surface area contributed by atoms with E-state index in [1.165, 1.54) is 0 Å². The van der Waals surface area contributed by atoms with Crippen LogP contribution in [0.5, 0.6) is 0 Å². The predicted octanol–water partition coefficient (Wildman–Crippen LogP) is 4.05. The number of carbonyl (C=O) groups is 1. The molecule has 0 aliphatic rings. The van der Waals surface area contributed by atoms with Crippen LogP contribution in [0.15, 0.2) is 16.9 Å². The third-order valence-corrected chi connectivity index (χ3v) is 3.41. The summed E-state index contributed by atoms with van der Waals surface area (Å²) in [4.78, 5) is 19.0. The SMILES string of the molecule is CC(C)(C)OC(=O)NCCc1c[nH]c2nc(Br)cc(Cl)c12. The molecule has 1 amide bonds. The Morgan fingerprint density at radius 3 is 2.90 bits per heavy atom. The minimum Gasteiger partial charge on any atom is -0.444 e. The molecule has 0 spiro atoms. The predicted molar refractivity (Wildman–Crippen MR) is 86.7 cm³/mol. The van der Waals surface area contributed by atoms with Gasteiger partial charge in [0.05, 0.1) is 5.02 Å². The second-order valence-electron chi connectivity index (χ2n) is 5.64. The zero-order chi connectivity index (χ0) is 15.6. The Morgan fingerprint density at radius 2 is 2.24 bits per heavy atom. The first-order valence-corrected chi connectivity index (χ1v) is 7.72. The molecule has 21 heavy (non-hydrogen) atoms. The highest BCUT2D eigenvalue weighted by Gasteiger charge is 2.16. The number of alkyl carbamates (subject to hydrolysis) is 1. The molecule has 0 saturated carbocycles. The van der Waals surface area contributed by atoms with Crippen molar-refractivity contribution in [3.63, 3.8) is 0 Å². The first-order chi connectivity index (χ1) is 9.76. The van der Waals surface area contributed by atoms with Crippen molar-refractivity contribution in [2.45, 2.75) is 32.8 Å². The van der Waals surface area contributed by atoms with Gasteiger partial charge in [-0.2, -0.15) is 0 Å². The first kappa shape index (κ1) is 16.1. The number of fused-ring (bicyclic) bond motifs is 1. The maximum absolute atomic E-state index is 11.6. The van der Waals surface area contributed by atoms with Gasteiger partial charge in [0.2, 0.25) is 0 Å². The molecule has 5 nitrogen and oxygen atoms in total. The van der Waals surface area contributed by atoms with Crippen LogP contribution in [0.25, 0.3) is 11.0 Å². The third-order valence-electron chi connectivity index (χ3n) is 2.71. The number of carbonyl (C=O) groups excluding carboxylic acids is 1. The Morgan fingerprint density at radius 1 is 1.52 bits per heavy atom. The van der Waals surface area contributed by atoms with E-state index in [2.05, 4.69) is 31.2 Å². The average Bonchev–Trinajstić information content (AvgIpc) is 2.69. The summed E-state index contributed by atoms with van der Waals surface area (Å²) < 4.78 is 5.86. The maximum atomic E-state index is 11.6. The van der Waals surface area contributed by atoms with Gasteiger partial charge in [-0.1, -0.05) is 11.6 Å². The highest BCUT2D eigenvalue weighted by Crippen LogP contribution is 2.28. The van der Waals surface area contributed by atoms with Crippen LogP contribution in [-0.4, -0.2) is 28.2 Å². The molecular weight excluding hydrogens is 358 g/mol. The lowest BCUT2D eigenvalue weighted by atomic mass is 10.1. The summed E-state index contributed by atoms with van der Waals surface area (Å²) in [7, 11) is 0. The molecule has 0 radical (unpaired) electrons. The molecule has 0 aliphatic heterocycles. The van der Waals surface area contributed by atoms with Crippen molar-refractivity contribution in [3.8, 4) is 0 Å². The summed E-state index contributed by atoms with van der Waals surface area (Å²) in [5, 5.41) is 4.23. The molecule has 0 fully saturated rings. The number of nitrogens with zero attached hydrogens (tertiary/aromatic N) is 1. The van der Waals surface area contributed by atoms with Gasteiger partial charge in [-0.25, -0.2) is 9.78 Å². The fourth-order valence-electron chi connectivity index (χ4n) is 1.93. The van der Waals surface area contributed by atoms with Crippen LogP contribution in [0, 0.1) is 0 Å². The van der Waals surface area contributed by atoms with E-state index in [1.54, 1.807) is 6.07 Å². The molecule has 0 bridgehead atoms. The molecule has 2 aromatic rings. The number of hydrogen-bond acceptors (Lipinski definition) is 3. The van der Waals surface area contributed by atoms with E-state index in [1.807, 2.05) is 27.0 Å². The summed E-state index contributed by atoms with van der Waals surface area (Å²) >= 11 is 9.54. The molecule has 0 atom stereocenters. The van der Waals surface area contributed by atoms with Crippen LogP contribution in [-0.2, 0) is 11.2 Å². The number of hydrogen-bond donors (Lipinski definition) is 2. The van der Waals surface area contributed by atoms with E-state index in [9.17, 15) is 4.79 Å². The van der Waals surface area contributed by atoms with Crippen LogP contribution < -0.4 is 5.32 Å². The topological polar surface area (TPSA) is 67.0 Å². The molecule has 2 heterocycles. The zero-order valence-electron chi connectivity index (χ0n) is 12.1. The number of aromatic nitrogens is 2. The van der Waals surface area contributed by atoms with Crippen molar-refractivity contribution in [1.29, 1.82) is 0 Å². The Balaban J connectivity index is 2.00. The monoisotopic (exact) mass is 373 g/mol. The van der Waals surface area contributed by atoms with Gasteiger partial charge in [0, 0.05) is 18.1 Å². The van der Waals surface area contributed by atoms with E-state index in [-0.39, 0.29) is 0 Å². The smallest absolute Gasteiger partial charge is 0.407 e. The van der Waals surface area contributed by atoms with Crippen molar-refractivity contribution in [1.82, 2.24) is 15.3 Å². The number of H-pyrrole nitrogens is 1. The molecular formula is C14H17BrClN3O2.